The van der Waals surface area contributed by atoms with Crippen molar-refractivity contribution in [3.05, 3.63) is 33.8 Å². The van der Waals surface area contributed by atoms with E-state index in [4.69, 9.17) is 14.5 Å². The summed E-state index contributed by atoms with van der Waals surface area (Å²) >= 11 is 3.60. The van der Waals surface area contributed by atoms with Crippen LogP contribution < -0.4 is 0 Å². The van der Waals surface area contributed by atoms with Crippen LogP contribution >= 0.6 is 15.9 Å². The van der Waals surface area contributed by atoms with Crippen LogP contribution in [-0.2, 0) is 20.8 Å². The maximum absolute atomic E-state index is 13.3. The molecule has 1 spiro atoms. The number of carbonyl (C=O) groups is 1. The third-order valence-corrected chi connectivity index (χ3v) is 6.48. The number of unbranched alkanes of at least 4 members (excludes halogenated alkanes) is 1. The van der Waals surface area contributed by atoms with Crippen LogP contribution in [0.5, 0.6) is 0 Å². The molecule has 6 heteroatoms. The van der Waals surface area contributed by atoms with E-state index in [1.165, 1.54) is 0 Å². The Labute approximate surface area is 169 Å². The van der Waals surface area contributed by atoms with Gasteiger partial charge in [0.15, 0.2) is 6.29 Å². The largest absolute Gasteiger partial charge is 0.346 e. The lowest BCUT2D eigenvalue weighted by Gasteiger charge is -2.23. The van der Waals surface area contributed by atoms with Crippen molar-refractivity contribution in [1.82, 2.24) is 4.90 Å². The number of carbonyl (C=O) groups excluding carboxylic acids is 1. The summed E-state index contributed by atoms with van der Waals surface area (Å²) in [5.74, 6) is 1.17. The van der Waals surface area contributed by atoms with E-state index < -0.39 is 5.54 Å². The summed E-state index contributed by atoms with van der Waals surface area (Å²) < 4.78 is 12.3. The molecule has 4 rings (SSSR count). The fourth-order valence-corrected chi connectivity index (χ4v) is 4.72. The van der Waals surface area contributed by atoms with E-state index in [2.05, 4.69) is 35.0 Å². The highest BCUT2D eigenvalue weighted by Crippen LogP contribution is 2.40. The van der Waals surface area contributed by atoms with Gasteiger partial charge in [-0.3, -0.25) is 14.7 Å². The number of halogens is 1. The van der Waals surface area contributed by atoms with Crippen molar-refractivity contribution in [2.75, 3.05) is 13.2 Å². The molecule has 5 nitrogen and oxygen atoms in total. The molecule has 1 saturated carbocycles. The zero-order chi connectivity index (χ0) is 18.9. The predicted octanol–water partition coefficient (Wildman–Crippen LogP) is 4.74. The first-order chi connectivity index (χ1) is 13.1. The van der Waals surface area contributed by atoms with E-state index >= 15 is 0 Å². The minimum absolute atomic E-state index is 0.198. The number of amidine groups is 1. The third-order valence-electron chi connectivity index (χ3n) is 5.76. The maximum Gasteiger partial charge on any atom is 0.256 e. The van der Waals surface area contributed by atoms with E-state index in [0.717, 1.165) is 66.4 Å². The average Bonchev–Trinajstić information content (AvgIpc) is 3.40. The van der Waals surface area contributed by atoms with Crippen LogP contribution in [0.4, 0.5) is 0 Å². The molecule has 2 fully saturated rings. The van der Waals surface area contributed by atoms with Crippen molar-refractivity contribution in [2.45, 2.75) is 70.2 Å². The summed E-state index contributed by atoms with van der Waals surface area (Å²) in [5, 5.41) is 0. The number of hydrogen-bond acceptors (Lipinski definition) is 4. The molecule has 3 aliphatic rings. The van der Waals surface area contributed by atoms with Crippen molar-refractivity contribution < 1.29 is 14.3 Å². The standard InChI is InChI=1S/C21H27BrN2O3/c1-2-3-6-18-23-21(9-4-5-10-21)20(25)24(18)14-15-7-8-17(22)16(13-15)19-26-11-12-27-19/h7-8,13,19H,2-6,9-12,14H2,1H3. The van der Waals surface area contributed by atoms with Gasteiger partial charge in [-0.2, -0.15) is 0 Å². The van der Waals surface area contributed by atoms with Gasteiger partial charge in [0.1, 0.15) is 11.4 Å². The molecule has 1 saturated heterocycles. The Kier molecular flexibility index (Phi) is 5.67. The van der Waals surface area contributed by atoms with Gasteiger partial charge in [0.25, 0.3) is 5.91 Å². The normalized spacial score (nSPS) is 22.2. The fourth-order valence-electron chi connectivity index (χ4n) is 4.29. The number of amides is 1. The number of hydrogen-bond donors (Lipinski definition) is 0. The zero-order valence-electron chi connectivity index (χ0n) is 15.9. The summed E-state index contributed by atoms with van der Waals surface area (Å²) in [6, 6.07) is 6.17. The SMILES string of the molecule is CCCCC1=NC2(CCCC2)C(=O)N1Cc1ccc(Br)c(C2OCCO2)c1. The molecule has 1 aromatic rings. The molecule has 0 N–H and O–H groups in total. The van der Waals surface area contributed by atoms with Gasteiger partial charge < -0.3 is 9.47 Å². The van der Waals surface area contributed by atoms with Crippen LogP contribution in [0.3, 0.4) is 0 Å². The second kappa shape index (κ2) is 8.02. The molecular formula is C21H27BrN2O3. The van der Waals surface area contributed by atoms with Crippen LogP contribution in [0.1, 0.15) is 69.3 Å². The smallest absolute Gasteiger partial charge is 0.256 e. The molecule has 0 bridgehead atoms. The molecule has 0 unspecified atom stereocenters. The van der Waals surface area contributed by atoms with E-state index in [-0.39, 0.29) is 12.2 Å². The Morgan fingerprint density at radius 2 is 2.00 bits per heavy atom. The predicted molar refractivity (Wildman–Crippen MR) is 107 cm³/mol. The molecule has 2 aliphatic heterocycles. The average molecular weight is 435 g/mol. The summed E-state index contributed by atoms with van der Waals surface area (Å²) in [5.41, 5.74) is 1.60. The molecule has 2 heterocycles. The minimum atomic E-state index is -0.473. The van der Waals surface area contributed by atoms with Gasteiger partial charge >= 0.3 is 0 Å². The fraction of sp³-hybridized carbons (Fsp3) is 0.619. The first kappa shape index (κ1) is 19.1. The minimum Gasteiger partial charge on any atom is -0.346 e. The number of rotatable bonds is 6. The molecule has 1 amide bonds. The van der Waals surface area contributed by atoms with Crippen molar-refractivity contribution >= 4 is 27.7 Å². The van der Waals surface area contributed by atoms with Gasteiger partial charge in [0, 0.05) is 16.5 Å². The Morgan fingerprint density at radius 1 is 1.26 bits per heavy atom. The van der Waals surface area contributed by atoms with Gasteiger partial charge in [-0.15, -0.1) is 0 Å². The van der Waals surface area contributed by atoms with Crippen molar-refractivity contribution in [1.29, 1.82) is 0 Å². The summed E-state index contributed by atoms with van der Waals surface area (Å²) in [6.45, 7) is 3.97. The van der Waals surface area contributed by atoms with Crippen LogP contribution in [0.25, 0.3) is 0 Å². The number of ether oxygens (including phenoxy) is 2. The van der Waals surface area contributed by atoms with Crippen molar-refractivity contribution in [3.63, 3.8) is 0 Å². The van der Waals surface area contributed by atoms with E-state index in [1.54, 1.807) is 0 Å². The molecule has 27 heavy (non-hydrogen) atoms. The summed E-state index contributed by atoms with van der Waals surface area (Å²) in [4.78, 5) is 20.2. The molecular weight excluding hydrogens is 408 g/mol. The topological polar surface area (TPSA) is 51.1 Å². The van der Waals surface area contributed by atoms with Crippen LogP contribution in [0.15, 0.2) is 27.7 Å². The van der Waals surface area contributed by atoms with E-state index in [1.807, 2.05) is 11.0 Å². The first-order valence-corrected chi connectivity index (χ1v) is 10.8. The Hall–Kier alpha value is -1.24. The van der Waals surface area contributed by atoms with Gasteiger partial charge in [-0.1, -0.05) is 48.2 Å². The Morgan fingerprint density at radius 3 is 2.70 bits per heavy atom. The van der Waals surface area contributed by atoms with E-state index in [0.29, 0.717) is 19.8 Å². The second-order valence-electron chi connectivity index (χ2n) is 7.69. The van der Waals surface area contributed by atoms with Crippen LogP contribution in [-0.4, -0.2) is 35.4 Å². The first-order valence-electron chi connectivity index (χ1n) is 10.1. The van der Waals surface area contributed by atoms with Gasteiger partial charge in [0.05, 0.1) is 19.8 Å². The molecule has 0 radical (unpaired) electrons. The molecule has 0 atom stereocenters. The van der Waals surface area contributed by atoms with Crippen LogP contribution in [0.2, 0.25) is 0 Å². The zero-order valence-corrected chi connectivity index (χ0v) is 17.5. The lowest BCUT2D eigenvalue weighted by atomic mass is 9.98. The maximum atomic E-state index is 13.3. The lowest BCUT2D eigenvalue weighted by molar-refractivity contribution is -0.131. The Balaban J connectivity index is 1.57. The second-order valence-corrected chi connectivity index (χ2v) is 8.55. The highest BCUT2D eigenvalue weighted by molar-refractivity contribution is 9.10. The van der Waals surface area contributed by atoms with Gasteiger partial charge in [-0.25, -0.2) is 0 Å². The highest BCUT2D eigenvalue weighted by Gasteiger charge is 2.49. The molecule has 146 valence electrons. The third kappa shape index (κ3) is 3.71. The van der Waals surface area contributed by atoms with Gasteiger partial charge in [-0.05, 0) is 37.0 Å². The summed E-state index contributed by atoms with van der Waals surface area (Å²) in [7, 11) is 0. The van der Waals surface area contributed by atoms with Crippen LogP contribution in [0, 0.1) is 0 Å². The molecule has 1 aromatic carbocycles. The van der Waals surface area contributed by atoms with Crippen molar-refractivity contribution in [2.24, 2.45) is 4.99 Å². The Bertz CT molecular complexity index is 737. The summed E-state index contributed by atoms with van der Waals surface area (Å²) in [6.07, 6.45) is 6.71. The molecule has 0 aromatic heterocycles. The number of nitrogens with zero attached hydrogens (tertiary/aromatic N) is 2. The highest BCUT2D eigenvalue weighted by atomic mass is 79.9. The van der Waals surface area contributed by atoms with Crippen molar-refractivity contribution in [3.8, 4) is 0 Å². The quantitative estimate of drug-likeness (QED) is 0.649. The monoisotopic (exact) mass is 434 g/mol. The van der Waals surface area contributed by atoms with Gasteiger partial charge in [0.2, 0.25) is 0 Å². The molecule has 1 aliphatic carbocycles. The number of aliphatic imine (C=N–C) groups is 1. The van der Waals surface area contributed by atoms with E-state index in [9.17, 15) is 4.79 Å². The number of benzene rings is 1. The lowest BCUT2D eigenvalue weighted by Crippen LogP contribution is -2.40.